The van der Waals surface area contributed by atoms with Gasteiger partial charge in [-0.15, -0.1) is 0 Å². The van der Waals surface area contributed by atoms with Gasteiger partial charge in [-0.2, -0.15) is 5.10 Å². The Morgan fingerprint density at radius 2 is 2.15 bits per heavy atom. The van der Waals surface area contributed by atoms with Crippen LogP contribution in [0.5, 0.6) is 0 Å². The molecule has 0 aliphatic rings. The summed E-state index contributed by atoms with van der Waals surface area (Å²) in [5, 5.41) is 4.13. The molecule has 0 aliphatic carbocycles. The number of rotatable bonds is 1. The molecule has 0 bridgehead atoms. The second-order valence-electron chi connectivity index (χ2n) is 3.05. The minimum Gasteiger partial charge on any atom is -0.399 e. The topological polar surface area (TPSA) is 43.8 Å². The first-order valence-electron chi connectivity index (χ1n) is 4.13. The molecule has 66 valence electrons. The van der Waals surface area contributed by atoms with E-state index in [4.69, 9.17) is 5.73 Å². The summed E-state index contributed by atoms with van der Waals surface area (Å²) in [4.78, 5) is 0. The lowest BCUT2D eigenvalue weighted by Gasteiger charge is -2.03. The molecule has 0 fully saturated rings. The summed E-state index contributed by atoms with van der Waals surface area (Å²) in [5.74, 6) is 0. The molecular formula is C10H11N3. The fraction of sp³-hybridized carbons (Fsp3) is 0.100. The van der Waals surface area contributed by atoms with Crippen LogP contribution < -0.4 is 5.73 Å². The van der Waals surface area contributed by atoms with E-state index in [9.17, 15) is 0 Å². The van der Waals surface area contributed by atoms with Crippen molar-refractivity contribution in [3.05, 3.63) is 42.2 Å². The van der Waals surface area contributed by atoms with E-state index in [1.165, 1.54) is 0 Å². The smallest absolute Gasteiger partial charge is 0.0668 e. The van der Waals surface area contributed by atoms with Gasteiger partial charge in [-0.3, -0.25) is 0 Å². The minimum absolute atomic E-state index is 0.769. The molecule has 2 aromatic rings. The lowest BCUT2D eigenvalue weighted by molar-refractivity contribution is 0.879. The number of anilines is 1. The van der Waals surface area contributed by atoms with Gasteiger partial charge in [0, 0.05) is 18.1 Å². The number of nitrogen functional groups attached to an aromatic ring is 1. The summed E-state index contributed by atoms with van der Waals surface area (Å²) in [5.41, 5.74) is 8.64. The Labute approximate surface area is 76.8 Å². The average Bonchev–Trinajstić information content (AvgIpc) is 2.53. The molecule has 0 unspecified atom stereocenters. The summed E-state index contributed by atoms with van der Waals surface area (Å²) < 4.78 is 1.80. The van der Waals surface area contributed by atoms with Crippen molar-refractivity contribution in [1.29, 1.82) is 0 Å². The number of aryl methyl sites for hydroxylation is 1. The predicted molar refractivity (Wildman–Crippen MR) is 52.7 cm³/mol. The number of hydrogen-bond donors (Lipinski definition) is 1. The van der Waals surface area contributed by atoms with Crippen LogP contribution in [-0.2, 0) is 0 Å². The Bertz CT molecular complexity index is 384. The van der Waals surface area contributed by atoms with E-state index in [-0.39, 0.29) is 0 Å². The molecule has 2 rings (SSSR count). The van der Waals surface area contributed by atoms with Crippen LogP contribution in [0.2, 0.25) is 0 Å². The summed E-state index contributed by atoms with van der Waals surface area (Å²) in [6, 6.07) is 7.77. The Balaban J connectivity index is 2.53. The van der Waals surface area contributed by atoms with Gasteiger partial charge < -0.3 is 5.73 Å². The molecule has 0 amide bonds. The van der Waals surface area contributed by atoms with Crippen LogP contribution in [0.3, 0.4) is 0 Å². The van der Waals surface area contributed by atoms with E-state index in [0.29, 0.717) is 0 Å². The fourth-order valence-electron chi connectivity index (χ4n) is 1.35. The van der Waals surface area contributed by atoms with E-state index in [2.05, 4.69) is 5.10 Å². The molecular weight excluding hydrogens is 162 g/mol. The minimum atomic E-state index is 0.769. The zero-order valence-corrected chi connectivity index (χ0v) is 7.44. The number of nitrogens with zero attached hydrogens (tertiary/aromatic N) is 2. The second kappa shape index (κ2) is 2.94. The van der Waals surface area contributed by atoms with Gasteiger partial charge in [-0.05, 0) is 36.8 Å². The highest BCUT2D eigenvalue weighted by atomic mass is 15.3. The molecule has 0 radical (unpaired) electrons. The Hall–Kier alpha value is -1.77. The van der Waals surface area contributed by atoms with E-state index < -0.39 is 0 Å². The molecule has 13 heavy (non-hydrogen) atoms. The van der Waals surface area contributed by atoms with E-state index in [1.54, 1.807) is 10.9 Å². The molecule has 3 nitrogen and oxygen atoms in total. The summed E-state index contributed by atoms with van der Waals surface area (Å²) in [6.07, 6.45) is 3.65. The maximum Gasteiger partial charge on any atom is 0.0668 e. The van der Waals surface area contributed by atoms with Crippen LogP contribution in [0.25, 0.3) is 5.69 Å². The van der Waals surface area contributed by atoms with Crippen molar-refractivity contribution < 1.29 is 0 Å². The van der Waals surface area contributed by atoms with Gasteiger partial charge in [0.15, 0.2) is 0 Å². The van der Waals surface area contributed by atoms with Gasteiger partial charge in [-0.1, -0.05) is 0 Å². The molecule has 1 heterocycles. The quantitative estimate of drug-likeness (QED) is 0.668. The van der Waals surface area contributed by atoms with Gasteiger partial charge in [0.2, 0.25) is 0 Å². The first-order valence-corrected chi connectivity index (χ1v) is 4.13. The van der Waals surface area contributed by atoms with Crippen LogP contribution in [0.4, 0.5) is 5.69 Å². The van der Waals surface area contributed by atoms with Gasteiger partial charge in [0.25, 0.3) is 0 Å². The Morgan fingerprint density at radius 1 is 1.31 bits per heavy atom. The summed E-state index contributed by atoms with van der Waals surface area (Å²) in [7, 11) is 0. The lowest BCUT2D eigenvalue weighted by atomic mass is 10.2. The van der Waals surface area contributed by atoms with Crippen molar-refractivity contribution in [3.63, 3.8) is 0 Å². The molecule has 2 N–H and O–H groups in total. The van der Waals surface area contributed by atoms with Crippen molar-refractivity contribution in [3.8, 4) is 5.69 Å². The number of hydrogen-bond acceptors (Lipinski definition) is 2. The van der Waals surface area contributed by atoms with Crippen molar-refractivity contribution in [2.45, 2.75) is 6.92 Å². The van der Waals surface area contributed by atoms with E-state index >= 15 is 0 Å². The third-order valence-electron chi connectivity index (χ3n) is 1.85. The number of aromatic nitrogens is 2. The van der Waals surface area contributed by atoms with Crippen LogP contribution in [0, 0.1) is 6.92 Å². The first-order chi connectivity index (χ1) is 6.25. The van der Waals surface area contributed by atoms with E-state index in [0.717, 1.165) is 16.9 Å². The second-order valence-corrected chi connectivity index (χ2v) is 3.05. The largest absolute Gasteiger partial charge is 0.399 e. The Morgan fingerprint density at radius 3 is 2.77 bits per heavy atom. The molecule has 3 heteroatoms. The highest BCUT2D eigenvalue weighted by Crippen LogP contribution is 2.14. The predicted octanol–water partition coefficient (Wildman–Crippen LogP) is 1.76. The summed E-state index contributed by atoms with van der Waals surface area (Å²) in [6.45, 7) is 2.02. The monoisotopic (exact) mass is 173 g/mol. The lowest BCUT2D eigenvalue weighted by Crippen LogP contribution is -1.96. The highest BCUT2D eigenvalue weighted by molar-refractivity contribution is 5.50. The first kappa shape index (κ1) is 7.86. The van der Waals surface area contributed by atoms with Crippen molar-refractivity contribution >= 4 is 5.69 Å². The fourth-order valence-corrected chi connectivity index (χ4v) is 1.35. The normalized spacial score (nSPS) is 10.2. The van der Waals surface area contributed by atoms with Crippen LogP contribution >= 0.6 is 0 Å². The SMILES string of the molecule is Cc1cc(N)cc(-n2cccn2)c1. The zero-order valence-electron chi connectivity index (χ0n) is 7.44. The van der Waals surface area contributed by atoms with Crippen LogP contribution in [0.1, 0.15) is 5.56 Å². The molecule has 0 saturated heterocycles. The maximum atomic E-state index is 5.72. The van der Waals surface area contributed by atoms with Crippen LogP contribution in [-0.4, -0.2) is 9.78 Å². The third-order valence-corrected chi connectivity index (χ3v) is 1.85. The average molecular weight is 173 g/mol. The van der Waals surface area contributed by atoms with Crippen molar-refractivity contribution in [1.82, 2.24) is 9.78 Å². The molecule has 0 saturated carbocycles. The van der Waals surface area contributed by atoms with Crippen LogP contribution in [0.15, 0.2) is 36.7 Å². The Kier molecular flexibility index (Phi) is 1.77. The summed E-state index contributed by atoms with van der Waals surface area (Å²) >= 11 is 0. The number of benzene rings is 1. The van der Waals surface area contributed by atoms with Gasteiger partial charge in [0.05, 0.1) is 5.69 Å². The highest BCUT2D eigenvalue weighted by Gasteiger charge is 1.97. The maximum absolute atomic E-state index is 5.72. The third kappa shape index (κ3) is 1.54. The standard InChI is InChI=1S/C10H11N3/c1-8-5-9(11)7-10(6-8)13-4-2-3-12-13/h2-7H,11H2,1H3. The van der Waals surface area contributed by atoms with Gasteiger partial charge in [-0.25, -0.2) is 4.68 Å². The molecule has 1 aromatic heterocycles. The zero-order chi connectivity index (χ0) is 9.26. The number of nitrogens with two attached hydrogens (primary N) is 1. The van der Waals surface area contributed by atoms with E-state index in [1.807, 2.05) is 37.4 Å². The molecule has 0 atom stereocenters. The molecule has 0 spiro atoms. The van der Waals surface area contributed by atoms with Crippen molar-refractivity contribution in [2.75, 3.05) is 5.73 Å². The molecule has 0 aliphatic heterocycles. The van der Waals surface area contributed by atoms with Gasteiger partial charge >= 0.3 is 0 Å². The van der Waals surface area contributed by atoms with Crippen molar-refractivity contribution in [2.24, 2.45) is 0 Å². The van der Waals surface area contributed by atoms with Gasteiger partial charge in [0.1, 0.15) is 0 Å². The molecule has 1 aromatic carbocycles.